The van der Waals surface area contributed by atoms with E-state index in [0.717, 1.165) is 0 Å². The number of benzene rings is 1. The summed E-state index contributed by atoms with van der Waals surface area (Å²) in [5, 5.41) is 10.6. The molecule has 9 nitrogen and oxygen atoms in total. The number of nitro benzene ring substituents is 1. The highest BCUT2D eigenvalue weighted by atomic mass is 16.7. The fourth-order valence-corrected chi connectivity index (χ4v) is 2.49. The number of carbonyl (C=O) groups excluding carboxylic acids is 2. The number of nitro groups is 1. The summed E-state index contributed by atoms with van der Waals surface area (Å²) in [5.74, 6) is 0.228. The van der Waals surface area contributed by atoms with Crippen LogP contribution in [0.15, 0.2) is 24.3 Å². The molecule has 0 N–H and O–H groups in total. The zero-order valence-corrected chi connectivity index (χ0v) is 14.2. The second kappa shape index (κ2) is 8.43. The summed E-state index contributed by atoms with van der Waals surface area (Å²) in [4.78, 5) is 37.4. The average molecular weight is 351 g/mol. The smallest absolute Gasteiger partial charge is 0.431 e. The first-order valence-electron chi connectivity index (χ1n) is 7.90. The summed E-state index contributed by atoms with van der Waals surface area (Å²) in [5.41, 5.74) is -0.0875. The number of likely N-dealkylation sites (tertiary alicyclic amines) is 1. The fraction of sp³-hybridized carbons (Fsp3) is 0.500. The van der Waals surface area contributed by atoms with Gasteiger partial charge in [-0.15, -0.1) is 0 Å². The van der Waals surface area contributed by atoms with E-state index < -0.39 is 11.1 Å². The number of non-ortho nitro benzene ring substituents is 1. The molecule has 2 rings (SSSR count). The number of hydrogen-bond donors (Lipinski definition) is 0. The molecule has 0 radical (unpaired) electrons. The number of rotatable bonds is 5. The minimum Gasteiger partial charge on any atom is -0.431 e. The molecule has 9 heteroatoms. The van der Waals surface area contributed by atoms with E-state index in [2.05, 4.69) is 0 Å². The lowest BCUT2D eigenvalue weighted by atomic mass is 10.1. The molecule has 136 valence electrons. The highest BCUT2D eigenvalue weighted by Gasteiger charge is 2.26. The molecular weight excluding hydrogens is 330 g/mol. The maximum Gasteiger partial charge on any atom is 0.514 e. The molecule has 0 saturated carbocycles. The highest BCUT2D eigenvalue weighted by molar-refractivity contribution is 5.78. The minimum absolute atomic E-state index is 0.0527. The minimum atomic E-state index is -0.855. The number of nitrogens with zero attached hydrogens (tertiary/aromatic N) is 3. The number of amides is 1. The standard InChI is InChI=1S/C16H21N3O6/c1-17(2)11-15(20)18-9-7-14(8-10-18)25-16(21)24-13-5-3-12(4-6-13)19(22)23/h3-6,14H,7-11H2,1-2H3. The Labute approximate surface area is 145 Å². The summed E-state index contributed by atoms with van der Waals surface area (Å²) in [6.45, 7) is 1.41. The molecule has 25 heavy (non-hydrogen) atoms. The molecule has 1 saturated heterocycles. The largest absolute Gasteiger partial charge is 0.514 e. The predicted octanol–water partition coefficient (Wildman–Crippen LogP) is 1.66. The monoisotopic (exact) mass is 351 g/mol. The van der Waals surface area contributed by atoms with Crippen molar-refractivity contribution in [3.8, 4) is 5.75 Å². The Morgan fingerprint density at radius 2 is 1.84 bits per heavy atom. The number of carbonyl (C=O) groups is 2. The molecule has 1 fully saturated rings. The van der Waals surface area contributed by atoms with Gasteiger partial charge in [-0.2, -0.15) is 0 Å². The van der Waals surface area contributed by atoms with Gasteiger partial charge >= 0.3 is 6.16 Å². The van der Waals surface area contributed by atoms with Gasteiger partial charge in [0.2, 0.25) is 5.91 Å². The van der Waals surface area contributed by atoms with Crippen LogP contribution in [0.5, 0.6) is 5.75 Å². The SMILES string of the molecule is CN(C)CC(=O)N1CCC(OC(=O)Oc2ccc([N+](=O)[O-])cc2)CC1. The number of piperidine rings is 1. The van der Waals surface area contributed by atoms with Crippen LogP contribution in [0.25, 0.3) is 0 Å². The van der Waals surface area contributed by atoms with Crippen molar-refractivity contribution in [2.24, 2.45) is 0 Å². The van der Waals surface area contributed by atoms with Crippen LogP contribution in [-0.2, 0) is 9.53 Å². The second-order valence-corrected chi connectivity index (χ2v) is 6.04. The summed E-state index contributed by atoms with van der Waals surface area (Å²) in [6, 6.07) is 5.17. The molecule has 0 atom stereocenters. The first kappa shape index (κ1) is 18.7. The topological polar surface area (TPSA) is 102 Å². The first-order valence-corrected chi connectivity index (χ1v) is 7.90. The lowest BCUT2D eigenvalue weighted by Crippen LogP contribution is -2.44. The van der Waals surface area contributed by atoms with E-state index in [1.807, 2.05) is 19.0 Å². The molecule has 1 heterocycles. The van der Waals surface area contributed by atoms with Crippen LogP contribution in [0.1, 0.15) is 12.8 Å². The van der Waals surface area contributed by atoms with E-state index >= 15 is 0 Å². The molecule has 1 aromatic carbocycles. The highest BCUT2D eigenvalue weighted by Crippen LogP contribution is 2.19. The van der Waals surface area contributed by atoms with Crippen LogP contribution in [-0.4, -0.2) is 66.6 Å². The number of ether oxygens (including phenoxy) is 2. The Morgan fingerprint density at radius 1 is 1.24 bits per heavy atom. The molecule has 0 unspecified atom stereocenters. The maximum absolute atomic E-state index is 12.0. The van der Waals surface area contributed by atoms with E-state index in [1.54, 1.807) is 4.90 Å². The number of likely N-dealkylation sites (N-methyl/N-ethyl adjacent to an activating group) is 1. The van der Waals surface area contributed by atoms with Crippen LogP contribution in [0, 0.1) is 10.1 Å². The Morgan fingerprint density at radius 3 is 2.36 bits per heavy atom. The van der Waals surface area contributed by atoms with Gasteiger partial charge in [-0.05, 0) is 26.2 Å². The molecule has 1 aromatic rings. The quantitative estimate of drug-likeness (QED) is 0.344. The van der Waals surface area contributed by atoms with E-state index in [0.29, 0.717) is 32.5 Å². The lowest BCUT2D eigenvalue weighted by Gasteiger charge is -2.32. The van der Waals surface area contributed by atoms with Crippen molar-refractivity contribution in [1.29, 1.82) is 0 Å². The van der Waals surface area contributed by atoms with Gasteiger partial charge in [-0.1, -0.05) is 0 Å². The van der Waals surface area contributed by atoms with Gasteiger partial charge in [-0.3, -0.25) is 14.9 Å². The van der Waals surface area contributed by atoms with E-state index in [9.17, 15) is 19.7 Å². The van der Waals surface area contributed by atoms with Crippen molar-refractivity contribution in [3.63, 3.8) is 0 Å². The number of hydrogen-bond acceptors (Lipinski definition) is 7. The van der Waals surface area contributed by atoms with Crippen LogP contribution in [0.2, 0.25) is 0 Å². The lowest BCUT2D eigenvalue weighted by molar-refractivity contribution is -0.384. The van der Waals surface area contributed by atoms with Crippen molar-refractivity contribution in [3.05, 3.63) is 34.4 Å². The van der Waals surface area contributed by atoms with E-state index in [-0.39, 0.29) is 23.4 Å². The molecule has 1 aliphatic rings. The summed E-state index contributed by atoms with van der Waals surface area (Å²) in [7, 11) is 3.67. The zero-order chi connectivity index (χ0) is 18.4. The third-order valence-electron chi connectivity index (χ3n) is 3.76. The fourth-order valence-electron chi connectivity index (χ4n) is 2.49. The molecule has 1 aliphatic heterocycles. The van der Waals surface area contributed by atoms with Gasteiger partial charge in [0.1, 0.15) is 11.9 Å². The molecule has 0 spiro atoms. The Balaban J connectivity index is 1.76. The van der Waals surface area contributed by atoms with Crippen molar-refractivity contribution in [2.75, 3.05) is 33.7 Å². The third-order valence-corrected chi connectivity index (χ3v) is 3.76. The maximum atomic E-state index is 12.0. The Bertz CT molecular complexity index is 623. The normalized spacial score (nSPS) is 15.1. The Hall–Kier alpha value is -2.68. The van der Waals surface area contributed by atoms with Gasteiger partial charge in [0, 0.05) is 38.1 Å². The average Bonchev–Trinajstić information content (AvgIpc) is 2.55. The summed E-state index contributed by atoms with van der Waals surface area (Å²) in [6.07, 6.45) is -0.0656. The van der Waals surface area contributed by atoms with E-state index in [4.69, 9.17) is 9.47 Å². The predicted molar refractivity (Wildman–Crippen MR) is 88.4 cm³/mol. The van der Waals surface area contributed by atoms with Crippen molar-refractivity contribution < 1.29 is 24.0 Å². The van der Waals surface area contributed by atoms with Gasteiger partial charge in [0.15, 0.2) is 0 Å². The molecule has 1 amide bonds. The Kier molecular flexibility index (Phi) is 6.29. The van der Waals surface area contributed by atoms with E-state index in [1.165, 1.54) is 24.3 Å². The summed E-state index contributed by atoms with van der Waals surface area (Å²) >= 11 is 0. The van der Waals surface area contributed by atoms with Gasteiger partial charge in [0.25, 0.3) is 5.69 Å². The molecule has 0 aliphatic carbocycles. The van der Waals surface area contributed by atoms with Crippen molar-refractivity contribution in [1.82, 2.24) is 9.80 Å². The van der Waals surface area contributed by atoms with Crippen LogP contribution >= 0.6 is 0 Å². The van der Waals surface area contributed by atoms with Crippen LogP contribution in [0.3, 0.4) is 0 Å². The van der Waals surface area contributed by atoms with Crippen molar-refractivity contribution >= 4 is 17.7 Å². The molecule has 0 aromatic heterocycles. The van der Waals surface area contributed by atoms with Gasteiger partial charge in [0.05, 0.1) is 11.5 Å². The summed E-state index contributed by atoms with van der Waals surface area (Å²) < 4.78 is 10.2. The second-order valence-electron chi connectivity index (χ2n) is 6.04. The molecular formula is C16H21N3O6. The van der Waals surface area contributed by atoms with Gasteiger partial charge < -0.3 is 19.3 Å². The van der Waals surface area contributed by atoms with Crippen molar-refractivity contribution in [2.45, 2.75) is 18.9 Å². The zero-order valence-electron chi connectivity index (χ0n) is 14.2. The van der Waals surface area contributed by atoms with Gasteiger partial charge in [-0.25, -0.2) is 4.79 Å². The van der Waals surface area contributed by atoms with Crippen LogP contribution in [0.4, 0.5) is 10.5 Å². The third kappa shape index (κ3) is 5.71. The first-order chi connectivity index (χ1) is 11.8. The molecule has 0 bridgehead atoms. The van der Waals surface area contributed by atoms with Crippen LogP contribution < -0.4 is 4.74 Å².